The van der Waals surface area contributed by atoms with E-state index in [1.54, 1.807) is 36.4 Å². The Balaban J connectivity index is 1.92. The molecule has 1 heterocycles. The summed E-state index contributed by atoms with van der Waals surface area (Å²) in [4.78, 5) is 0.158. The van der Waals surface area contributed by atoms with E-state index in [9.17, 15) is 8.42 Å². The third-order valence-electron chi connectivity index (χ3n) is 4.08. The van der Waals surface area contributed by atoms with Crippen LogP contribution in [0.4, 0.5) is 5.69 Å². The number of ether oxygens (including phenoxy) is 1. The minimum atomic E-state index is -3.77. The van der Waals surface area contributed by atoms with E-state index in [0.717, 1.165) is 17.1 Å². The van der Waals surface area contributed by atoms with Gasteiger partial charge in [0, 0.05) is 22.1 Å². The van der Waals surface area contributed by atoms with Crippen LogP contribution in [0.2, 0.25) is 5.02 Å². The van der Waals surface area contributed by atoms with Gasteiger partial charge < -0.3 is 9.30 Å². The molecule has 3 aromatic rings. The van der Waals surface area contributed by atoms with Crippen molar-refractivity contribution in [2.45, 2.75) is 18.7 Å². The van der Waals surface area contributed by atoms with E-state index in [4.69, 9.17) is 16.3 Å². The molecule has 0 radical (unpaired) electrons. The van der Waals surface area contributed by atoms with Gasteiger partial charge in [-0.25, -0.2) is 8.42 Å². The number of nitrogens with one attached hydrogen (secondary N) is 1. The van der Waals surface area contributed by atoms with E-state index in [0.29, 0.717) is 16.5 Å². The number of hydrogen-bond acceptors (Lipinski definition) is 3. The summed E-state index contributed by atoms with van der Waals surface area (Å²) in [7, 11) is -2.30. The molecule has 0 spiro atoms. The van der Waals surface area contributed by atoms with Gasteiger partial charge >= 0.3 is 0 Å². The fourth-order valence-corrected chi connectivity index (χ4v) is 4.05. The Morgan fingerprint density at radius 3 is 2.15 bits per heavy atom. The zero-order valence-electron chi connectivity index (χ0n) is 14.7. The molecular formula is C19H19ClN2O3S. The smallest absolute Gasteiger partial charge is 0.262 e. The van der Waals surface area contributed by atoms with Gasteiger partial charge in [0.05, 0.1) is 17.7 Å². The summed E-state index contributed by atoms with van der Waals surface area (Å²) < 4.78 is 35.2. The van der Waals surface area contributed by atoms with Gasteiger partial charge in [-0.05, 0) is 68.4 Å². The van der Waals surface area contributed by atoms with Crippen molar-refractivity contribution in [2.75, 3.05) is 11.8 Å². The molecule has 0 bridgehead atoms. The highest BCUT2D eigenvalue weighted by Gasteiger charge is 2.17. The second-order valence-electron chi connectivity index (χ2n) is 5.90. The molecule has 0 aliphatic carbocycles. The summed E-state index contributed by atoms with van der Waals surface area (Å²) in [5.41, 5.74) is 3.37. The molecule has 1 aromatic heterocycles. The van der Waals surface area contributed by atoms with E-state index in [-0.39, 0.29) is 4.90 Å². The molecular weight excluding hydrogens is 372 g/mol. The number of sulfonamides is 1. The van der Waals surface area contributed by atoms with Crippen LogP contribution in [0.25, 0.3) is 5.69 Å². The summed E-state index contributed by atoms with van der Waals surface area (Å²) in [6.07, 6.45) is 0. The number of methoxy groups -OCH3 is 1. The molecule has 0 aliphatic heterocycles. The predicted octanol–water partition coefficient (Wildman–Crippen LogP) is 4.56. The van der Waals surface area contributed by atoms with Gasteiger partial charge in [0.2, 0.25) is 0 Å². The van der Waals surface area contributed by atoms with Gasteiger partial charge in [-0.15, -0.1) is 0 Å². The Morgan fingerprint density at radius 2 is 1.58 bits per heavy atom. The first-order chi connectivity index (χ1) is 12.3. The Kier molecular flexibility index (Phi) is 4.98. The predicted molar refractivity (Wildman–Crippen MR) is 104 cm³/mol. The second-order valence-corrected chi connectivity index (χ2v) is 8.01. The van der Waals surface area contributed by atoms with Gasteiger partial charge in [-0.3, -0.25) is 4.72 Å². The molecule has 136 valence electrons. The molecule has 5 nitrogen and oxygen atoms in total. The van der Waals surface area contributed by atoms with Crippen LogP contribution >= 0.6 is 11.6 Å². The van der Waals surface area contributed by atoms with Crippen LogP contribution in [0.1, 0.15) is 11.4 Å². The Morgan fingerprint density at radius 1 is 0.962 bits per heavy atom. The average molecular weight is 391 g/mol. The average Bonchev–Trinajstić information content (AvgIpc) is 2.93. The zero-order valence-corrected chi connectivity index (χ0v) is 16.2. The maximum Gasteiger partial charge on any atom is 0.262 e. The molecule has 0 fully saturated rings. The van der Waals surface area contributed by atoms with Crippen molar-refractivity contribution in [1.29, 1.82) is 0 Å². The van der Waals surface area contributed by atoms with Crippen molar-refractivity contribution in [2.24, 2.45) is 0 Å². The Bertz CT molecular complexity index is 1020. The molecule has 0 saturated heterocycles. The molecule has 7 heteroatoms. The molecule has 2 aromatic carbocycles. The first-order valence-electron chi connectivity index (χ1n) is 7.93. The largest absolute Gasteiger partial charge is 0.495 e. The van der Waals surface area contributed by atoms with E-state index in [2.05, 4.69) is 9.29 Å². The lowest BCUT2D eigenvalue weighted by Gasteiger charge is -2.13. The van der Waals surface area contributed by atoms with Crippen molar-refractivity contribution < 1.29 is 13.2 Å². The molecule has 0 atom stereocenters. The highest BCUT2D eigenvalue weighted by molar-refractivity contribution is 7.92. The van der Waals surface area contributed by atoms with Gasteiger partial charge in [-0.2, -0.15) is 0 Å². The Hall–Kier alpha value is -2.44. The van der Waals surface area contributed by atoms with Gasteiger partial charge in [-0.1, -0.05) is 11.6 Å². The quantitative estimate of drug-likeness (QED) is 0.694. The molecule has 0 aliphatic rings. The van der Waals surface area contributed by atoms with E-state index in [1.165, 1.54) is 13.2 Å². The van der Waals surface area contributed by atoms with Crippen LogP contribution in [0.15, 0.2) is 59.5 Å². The summed E-state index contributed by atoms with van der Waals surface area (Å²) in [5, 5.41) is 0.414. The molecule has 0 unspecified atom stereocenters. The van der Waals surface area contributed by atoms with Crippen LogP contribution in [0, 0.1) is 13.8 Å². The van der Waals surface area contributed by atoms with Crippen LogP contribution in [-0.2, 0) is 10.0 Å². The third kappa shape index (κ3) is 3.57. The highest BCUT2D eigenvalue weighted by atomic mass is 35.5. The van der Waals surface area contributed by atoms with E-state index >= 15 is 0 Å². The first-order valence-corrected chi connectivity index (χ1v) is 9.79. The maximum atomic E-state index is 12.7. The van der Waals surface area contributed by atoms with E-state index in [1.807, 2.05) is 26.0 Å². The number of benzene rings is 2. The minimum absolute atomic E-state index is 0.158. The minimum Gasteiger partial charge on any atom is -0.495 e. The Labute approximate surface area is 158 Å². The third-order valence-corrected chi connectivity index (χ3v) is 5.70. The zero-order chi connectivity index (χ0) is 18.9. The van der Waals surface area contributed by atoms with Gasteiger partial charge in [0.25, 0.3) is 10.0 Å². The molecule has 1 N–H and O–H groups in total. The van der Waals surface area contributed by atoms with Gasteiger partial charge in [0.1, 0.15) is 5.75 Å². The fourth-order valence-electron chi connectivity index (χ4n) is 2.81. The number of rotatable bonds is 5. The van der Waals surface area contributed by atoms with Crippen molar-refractivity contribution in [3.8, 4) is 11.4 Å². The van der Waals surface area contributed by atoms with Crippen LogP contribution < -0.4 is 9.46 Å². The monoisotopic (exact) mass is 390 g/mol. The van der Waals surface area contributed by atoms with Crippen molar-refractivity contribution in [3.05, 3.63) is 71.0 Å². The van der Waals surface area contributed by atoms with Crippen molar-refractivity contribution >= 4 is 27.3 Å². The lowest BCUT2D eigenvalue weighted by Crippen LogP contribution is -2.14. The molecule has 0 saturated carbocycles. The first kappa shape index (κ1) is 18.4. The summed E-state index contributed by atoms with van der Waals surface area (Å²) >= 11 is 5.96. The van der Waals surface area contributed by atoms with Crippen molar-refractivity contribution in [3.63, 3.8) is 0 Å². The maximum absolute atomic E-state index is 12.7. The number of nitrogens with zero attached hydrogens (tertiary/aromatic N) is 1. The summed E-state index contributed by atoms with van der Waals surface area (Å²) in [5.74, 6) is 0.396. The SMILES string of the molecule is COc1ccc(Cl)cc1NS(=O)(=O)c1ccc(-n2c(C)ccc2C)cc1. The van der Waals surface area contributed by atoms with Gasteiger partial charge in [0.15, 0.2) is 0 Å². The van der Waals surface area contributed by atoms with E-state index < -0.39 is 10.0 Å². The van der Waals surface area contributed by atoms with Crippen molar-refractivity contribution in [1.82, 2.24) is 4.57 Å². The van der Waals surface area contributed by atoms with Crippen LogP contribution in [-0.4, -0.2) is 20.1 Å². The number of halogens is 1. The molecule has 26 heavy (non-hydrogen) atoms. The number of aromatic nitrogens is 1. The van der Waals surface area contributed by atoms with Crippen LogP contribution in [0.3, 0.4) is 0 Å². The van der Waals surface area contributed by atoms with Crippen LogP contribution in [0.5, 0.6) is 5.75 Å². The lowest BCUT2D eigenvalue weighted by atomic mass is 10.3. The second kappa shape index (κ2) is 7.05. The standard InChI is InChI=1S/C19H19ClN2O3S/c1-13-4-5-14(2)22(13)16-7-9-17(10-8-16)26(23,24)21-18-12-15(20)6-11-19(18)25-3/h4-12,21H,1-3H3. The lowest BCUT2D eigenvalue weighted by molar-refractivity contribution is 0.417. The summed E-state index contributed by atoms with van der Waals surface area (Å²) in [6.45, 7) is 4.01. The summed E-state index contributed by atoms with van der Waals surface area (Å²) in [6, 6.07) is 15.5. The fraction of sp³-hybridized carbons (Fsp3) is 0.158. The molecule has 0 amide bonds. The number of aryl methyl sites for hydroxylation is 2. The normalized spacial score (nSPS) is 11.4. The molecule has 3 rings (SSSR count). The number of hydrogen-bond donors (Lipinski definition) is 1. The topological polar surface area (TPSA) is 60.3 Å². The highest BCUT2D eigenvalue weighted by Crippen LogP contribution is 2.30. The number of anilines is 1.